The summed E-state index contributed by atoms with van der Waals surface area (Å²) < 4.78 is 7.17. The van der Waals surface area contributed by atoms with E-state index in [9.17, 15) is 9.59 Å². The second-order valence-electron chi connectivity index (χ2n) is 5.97. The molecule has 0 saturated heterocycles. The van der Waals surface area contributed by atoms with Crippen LogP contribution in [0.25, 0.3) is 5.69 Å². The number of carbonyl (C=O) groups is 2. The molecule has 0 radical (unpaired) electrons. The summed E-state index contributed by atoms with van der Waals surface area (Å²) >= 11 is 1.35. The van der Waals surface area contributed by atoms with Gasteiger partial charge in [0.1, 0.15) is 5.75 Å². The highest BCUT2D eigenvalue weighted by Gasteiger charge is 2.18. The normalized spacial score (nSPS) is 11.6. The van der Waals surface area contributed by atoms with E-state index < -0.39 is 5.91 Å². The van der Waals surface area contributed by atoms with Crippen LogP contribution in [0.15, 0.2) is 66.1 Å². The van der Waals surface area contributed by atoms with Gasteiger partial charge in [0.2, 0.25) is 11.8 Å². The molecule has 3 N–H and O–H groups in total. The Kier molecular flexibility index (Phi) is 6.00. The average molecular weight is 396 g/mol. The largest absolute Gasteiger partial charge is 0.497 e. The number of imidazole rings is 1. The maximum atomic E-state index is 12.5. The Morgan fingerprint density at radius 3 is 2.64 bits per heavy atom. The Morgan fingerprint density at radius 2 is 1.96 bits per heavy atom. The van der Waals surface area contributed by atoms with Gasteiger partial charge < -0.3 is 15.8 Å². The number of primary amides is 1. The van der Waals surface area contributed by atoms with Gasteiger partial charge in [-0.1, -0.05) is 17.8 Å². The molecule has 0 fully saturated rings. The molecule has 0 saturated carbocycles. The first-order valence-corrected chi connectivity index (χ1v) is 9.41. The quantitative estimate of drug-likeness (QED) is 0.598. The van der Waals surface area contributed by atoms with Crippen molar-refractivity contribution in [3.05, 3.63) is 66.5 Å². The molecule has 8 heteroatoms. The monoisotopic (exact) mass is 396 g/mol. The molecule has 0 bridgehead atoms. The molecule has 2 aromatic carbocycles. The van der Waals surface area contributed by atoms with E-state index in [0.29, 0.717) is 16.4 Å². The van der Waals surface area contributed by atoms with Gasteiger partial charge in [-0.25, -0.2) is 4.98 Å². The number of benzene rings is 2. The van der Waals surface area contributed by atoms with Crippen LogP contribution in [0.3, 0.4) is 0 Å². The highest BCUT2D eigenvalue weighted by molar-refractivity contribution is 8.00. The molecule has 144 valence electrons. The third-order valence-electron chi connectivity index (χ3n) is 4.03. The topological polar surface area (TPSA) is 99.2 Å². The number of rotatable bonds is 7. The minimum atomic E-state index is -0.508. The number of nitrogens with two attached hydrogens (primary N) is 1. The van der Waals surface area contributed by atoms with Crippen LogP contribution in [-0.2, 0) is 4.79 Å². The number of hydrogen-bond donors (Lipinski definition) is 2. The number of hydrogen-bond acceptors (Lipinski definition) is 5. The molecular weight excluding hydrogens is 376 g/mol. The minimum absolute atomic E-state index is 0.169. The third-order valence-corrected chi connectivity index (χ3v) is 5.11. The van der Waals surface area contributed by atoms with E-state index >= 15 is 0 Å². The van der Waals surface area contributed by atoms with Gasteiger partial charge in [-0.05, 0) is 43.3 Å². The van der Waals surface area contributed by atoms with Gasteiger partial charge in [0.25, 0.3) is 0 Å². The van der Waals surface area contributed by atoms with Crippen LogP contribution in [-0.4, -0.2) is 33.7 Å². The first kappa shape index (κ1) is 19.5. The van der Waals surface area contributed by atoms with Crippen LogP contribution in [0, 0.1) is 0 Å². The Labute approximate surface area is 166 Å². The number of nitrogens with one attached hydrogen (secondary N) is 1. The molecule has 0 aliphatic heterocycles. The van der Waals surface area contributed by atoms with Crippen molar-refractivity contribution in [2.24, 2.45) is 5.73 Å². The van der Waals surface area contributed by atoms with Crippen LogP contribution in [0.2, 0.25) is 0 Å². The lowest BCUT2D eigenvalue weighted by atomic mass is 10.2. The summed E-state index contributed by atoms with van der Waals surface area (Å²) in [6, 6.07) is 14.0. The summed E-state index contributed by atoms with van der Waals surface area (Å²) in [7, 11) is 1.62. The fraction of sp³-hybridized carbons (Fsp3) is 0.150. The molecular formula is C20H20N4O3S. The number of amides is 2. The Morgan fingerprint density at radius 1 is 1.21 bits per heavy atom. The van der Waals surface area contributed by atoms with Crippen LogP contribution in [0.4, 0.5) is 5.69 Å². The minimum Gasteiger partial charge on any atom is -0.497 e. The SMILES string of the molecule is COc1cccc(-n2ccnc2SC(C)C(=O)Nc2ccc(C(N)=O)cc2)c1. The number of thioether (sulfide) groups is 1. The molecule has 3 rings (SSSR count). The zero-order chi connectivity index (χ0) is 20.1. The molecule has 7 nitrogen and oxygen atoms in total. The molecule has 1 aromatic heterocycles. The fourth-order valence-electron chi connectivity index (χ4n) is 2.51. The average Bonchev–Trinajstić information content (AvgIpc) is 3.16. The molecule has 1 unspecified atom stereocenters. The van der Waals surface area contributed by atoms with Gasteiger partial charge in [-0.2, -0.15) is 0 Å². The molecule has 0 aliphatic carbocycles. The van der Waals surface area contributed by atoms with Crippen molar-refractivity contribution in [3.63, 3.8) is 0 Å². The van der Waals surface area contributed by atoms with Crippen molar-refractivity contribution >= 4 is 29.3 Å². The zero-order valence-corrected chi connectivity index (χ0v) is 16.3. The van der Waals surface area contributed by atoms with E-state index in [4.69, 9.17) is 10.5 Å². The molecule has 1 heterocycles. The lowest BCUT2D eigenvalue weighted by Crippen LogP contribution is -2.23. The predicted molar refractivity (Wildman–Crippen MR) is 109 cm³/mol. The summed E-state index contributed by atoms with van der Waals surface area (Å²) in [4.78, 5) is 28.0. The second kappa shape index (κ2) is 8.62. The van der Waals surface area contributed by atoms with E-state index in [2.05, 4.69) is 10.3 Å². The highest BCUT2D eigenvalue weighted by Crippen LogP contribution is 2.27. The summed E-state index contributed by atoms with van der Waals surface area (Å²) in [6.45, 7) is 1.81. The van der Waals surface area contributed by atoms with Crippen molar-refractivity contribution in [2.75, 3.05) is 12.4 Å². The molecule has 0 spiro atoms. The van der Waals surface area contributed by atoms with Crippen LogP contribution in [0.5, 0.6) is 5.75 Å². The van der Waals surface area contributed by atoms with Crippen LogP contribution < -0.4 is 15.8 Å². The highest BCUT2D eigenvalue weighted by atomic mass is 32.2. The molecule has 0 aliphatic rings. The van der Waals surface area contributed by atoms with Gasteiger partial charge >= 0.3 is 0 Å². The lowest BCUT2D eigenvalue weighted by molar-refractivity contribution is -0.115. The molecule has 2 amide bonds. The molecule has 3 aromatic rings. The van der Waals surface area contributed by atoms with Gasteiger partial charge in [-0.3, -0.25) is 14.2 Å². The predicted octanol–water partition coefficient (Wildman–Crippen LogP) is 3.10. The second-order valence-corrected chi connectivity index (χ2v) is 7.28. The fourth-order valence-corrected chi connectivity index (χ4v) is 3.39. The summed E-state index contributed by atoms with van der Waals surface area (Å²) in [5.41, 5.74) is 7.11. The number of ether oxygens (including phenoxy) is 1. The maximum absolute atomic E-state index is 12.5. The van der Waals surface area contributed by atoms with Crippen molar-refractivity contribution in [1.29, 1.82) is 0 Å². The Bertz CT molecular complexity index is 985. The van der Waals surface area contributed by atoms with Crippen molar-refractivity contribution in [3.8, 4) is 11.4 Å². The first-order chi connectivity index (χ1) is 13.5. The Balaban J connectivity index is 1.69. The smallest absolute Gasteiger partial charge is 0.248 e. The molecule has 28 heavy (non-hydrogen) atoms. The van der Waals surface area contributed by atoms with E-state index in [1.54, 1.807) is 37.6 Å². The third kappa shape index (κ3) is 4.52. The summed E-state index contributed by atoms with van der Waals surface area (Å²) in [5, 5.41) is 3.14. The number of carbonyl (C=O) groups excluding carboxylic acids is 2. The van der Waals surface area contributed by atoms with Crippen LogP contribution >= 0.6 is 11.8 Å². The zero-order valence-electron chi connectivity index (χ0n) is 15.5. The van der Waals surface area contributed by atoms with E-state index in [0.717, 1.165) is 11.4 Å². The summed E-state index contributed by atoms with van der Waals surface area (Å²) in [5.74, 6) is 0.0653. The Hall–Kier alpha value is -3.26. The number of aromatic nitrogens is 2. The van der Waals surface area contributed by atoms with E-state index in [-0.39, 0.29) is 11.2 Å². The van der Waals surface area contributed by atoms with Crippen LogP contribution in [0.1, 0.15) is 17.3 Å². The standard InChI is InChI=1S/C20H20N4O3S/c1-13(19(26)23-15-8-6-14(7-9-15)18(21)25)28-20-22-10-11-24(20)16-4-3-5-17(12-16)27-2/h3-13H,1-2H3,(H2,21,25)(H,23,26). The number of methoxy groups -OCH3 is 1. The summed E-state index contributed by atoms with van der Waals surface area (Å²) in [6.07, 6.45) is 3.53. The van der Waals surface area contributed by atoms with E-state index in [1.807, 2.05) is 42.0 Å². The van der Waals surface area contributed by atoms with Crippen molar-refractivity contribution in [2.45, 2.75) is 17.3 Å². The van der Waals surface area contributed by atoms with Gasteiger partial charge in [0.15, 0.2) is 5.16 Å². The number of nitrogens with zero attached hydrogens (tertiary/aromatic N) is 2. The van der Waals surface area contributed by atoms with Gasteiger partial charge in [0, 0.05) is 29.7 Å². The van der Waals surface area contributed by atoms with Crippen molar-refractivity contribution < 1.29 is 14.3 Å². The first-order valence-electron chi connectivity index (χ1n) is 8.53. The van der Waals surface area contributed by atoms with Gasteiger partial charge in [-0.15, -0.1) is 0 Å². The number of anilines is 1. The maximum Gasteiger partial charge on any atom is 0.248 e. The van der Waals surface area contributed by atoms with Gasteiger partial charge in [0.05, 0.1) is 18.0 Å². The van der Waals surface area contributed by atoms with E-state index in [1.165, 1.54) is 11.8 Å². The lowest BCUT2D eigenvalue weighted by Gasteiger charge is -2.14. The molecule has 1 atom stereocenters. The van der Waals surface area contributed by atoms with Crippen molar-refractivity contribution in [1.82, 2.24) is 9.55 Å².